The maximum absolute atomic E-state index is 6.18. The summed E-state index contributed by atoms with van der Waals surface area (Å²) in [6, 6.07) is 10.3. The number of aryl methyl sites for hydroxylation is 2. The first-order chi connectivity index (χ1) is 7.66. The number of hydrogen-bond donors (Lipinski definition) is 1. The Kier molecular flexibility index (Phi) is 3.36. The minimum atomic E-state index is 0.0692. The monoisotopic (exact) mass is 232 g/mol. The van der Waals surface area contributed by atoms with Crippen molar-refractivity contribution in [3.63, 3.8) is 0 Å². The molecule has 0 aliphatic rings. The van der Waals surface area contributed by atoms with E-state index in [-0.39, 0.29) is 6.04 Å². The van der Waals surface area contributed by atoms with Crippen molar-refractivity contribution in [2.24, 2.45) is 5.73 Å². The van der Waals surface area contributed by atoms with Gasteiger partial charge < -0.3 is 5.73 Å². The molecule has 1 aromatic carbocycles. The van der Waals surface area contributed by atoms with Gasteiger partial charge in [0, 0.05) is 17.3 Å². The molecule has 2 aromatic rings. The Morgan fingerprint density at radius 2 is 1.94 bits per heavy atom. The average molecular weight is 232 g/mol. The average Bonchev–Trinajstić information content (AvgIpc) is 2.59. The van der Waals surface area contributed by atoms with Crippen LogP contribution in [0.3, 0.4) is 0 Å². The SMILES string of the molecule is Cc1nc(C)c(CC(N)c2ccccc2)s1. The van der Waals surface area contributed by atoms with Crippen LogP contribution in [0.5, 0.6) is 0 Å². The molecule has 0 aliphatic carbocycles. The fourth-order valence-corrected chi connectivity index (χ4v) is 2.78. The molecule has 1 unspecified atom stereocenters. The Balaban J connectivity index is 2.14. The van der Waals surface area contributed by atoms with Crippen molar-refractivity contribution < 1.29 is 0 Å². The zero-order chi connectivity index (χ0) is 11.5. The lowest BCUT2D eigenvalue weighted by atomic mass is 10.0. The first kappa shape index (κ1) is 11.3. The van der Waals surface area contributed by atoms with Gasteiger partial charge in [-0.3, -0.25) is 0 Å². The number of benzene rings is 1. The van der Waals surface area contributed by atoms with Gasteiger partial charge in [-0.15, -0.1) is 11.3 Å². The van der Waals surface area contributed by atoms with Gasteiger partial charge in [0.25, 0.3) is 0 Å². The minimum Gasteiger partial charge on any atom is -0.324 e. The fourth-order valence-electron chi connectivity index (χ4n) is 1.78. The molecule has 1 aromatic heterocycles. The van der Waals surface area contributed by atoms with Gasteiger partial charge >= 0.3 is 0 Å². The van der Waals surface area contributed by atoms with Crippen molar-refractivity contribution in [3.05, 3.63) is 51.5 Å². The van der Waals surface area contributed by atoms with E-state index in [9.17, 15) is 0 Å². The summed E-state index contributed by atoms with van der Waals surface area (Å²) in [5, 5.41) is 1.12. The number of rotatable bonds is 3. The Hall–Kier alpha value is -1.19. The third-order valence-electron chi connectivity index (χ3n) is 2.63. The van der Waals surface area contributed by atoms with Crippen molar-refractivity contribution in [2.45, 2.75) is 26.3 Å². The van der Waals surface area contributed by atoms with Crippen molar-refractivity contribution in [1.82, 2.24) is 4.98 Å². The molecule has 0 aliphatic heterocycles. The summed E-state index contributed by atoms with van der Waals surface area (Å²) in [7, 11) is 0. The zero-order valence-electron chi connectivity index (χ0n) is 9.60. The van der Waals surface area contributed by atoms with Gasteiger partial charge in [-0.1, -0.05) is 30.3 Å². The van der Waals surface area contributed by atoms with E-state index in [1.54, 1.807) is 11.3 Å². The highest BCUT2D eigenvalue weighted by atomic mass is 32.1. The summed E-state index contributed by atoms with van der Waals surface area (Å²) >= 11 is 1.75. The van der Waals surface area contributed by atoms with Crippen molar-refractivity contribution in [2.75, 3.05) is 0 Å². The van der Waals surface area contributed by atoms with Gasteiger partial charge in [-0.05, 0) is 19.4 Å². The maximum atomic E-state index is 6.18. The largest absolute Gasteiger partial charge is 0.324 e. The third kappa shape index (κ3) is 2.49. The fraction of sp³-hybridized carbons (Fsp3) is 0.308. The van der Waals surface area contributed by atoms with E-state index >= 15 is 0 Å². The molecule has 0 amide bonds. The topological polar surface area (TPSA) is 38.9 Å². The summed E-state index contributed by atoms with van der Waals surface area (Å²) in [6.07, 6.45) is 0.876. The summed E-state index contributed by atoms with van der Waals surface area (Å²) in [6.45, 7) is 4.09. The van der Waals surface area contributed by atoms with E-state index in [0.29, 0.717) is 0 Å². The first-order valence-corrected chi connectivity index (χ1v) is 6.22. The lowest BCUT2D eigenvalue weighted by Crippen LogP contribution is -2.12. The molecule has 1 heterocycles. The highest BCUT2D eigenvalue weighted by molar-refractivity contribution is 7.11. The van der Waals surface area contributed by atoms with Crippen LogP contribution in [-0.4, -0.2) is 4.98 Å². The van der Waals surface area contributed by atoms with E-state index in [0.717, 1.165) is 17.1 Å². The van der Waals surface area contributed by atoms with Crippen LogP contribution in [0.4, 0.5) is 0 Å². The van der Waals surface area contributed by atoms with Crippen LogP contribution in [0.25, 0.3) is 0 Å². The van der Waals surface area contributed by atoms with E-state index in [1.807, 2.05) is 25.1 Å². The summed E-state index contributed by atoms with van der Waals surface area (Å²) < 4.78 is 0. The second-order valence-corrected chi connectivity index (χ2v) is 5.25. The second kappa shape index (κ2) is 4.76. The molecule has 3 heteroatoms. The van der Waals surface area contributed by atoms with Crippen LogP contribution in [0, 0.1) is 13.8 Å². The van der Waals surface area contributed by atoms with Gasteiger partial charge in [0.2, 0.25) is 0 Å². The lowest BCUT2D eigenvalue weighted by Gasteiger charge is -2.10. The third-order valence-corrected chi connectivity index (χ3v) is 3.73. The molecule has 0 bridgehead atoms. The Bertz CT molecular complexity index is 462. The van der Waals surface area contributed by atoms with Crippen LogP contribution >= 0.6 is 11.3 Å². The minimum absolute atomic E-state index is 0.0692. The van der Waals surface area contributed by atoms with Gasteiger partial charge in [0.1, 0.15) is 0 Å². The standard InChI is InChI=1S/C13H16N2S/c1-9-13(16-10(2)15-9)8-12(14)11-6-4-3-5-7-11/h3-7,12H,8,14H2,1-2H3. The highest BCUT2D eigenvalue weighted by Crippen LogP contribution is 2.23. The second-order valence-electron chi connectivity index (χ2n) is 3.96. The van der Waals surface area contributed by atoms with E-state index < -0.39 is 0 Å². The number of hydrogen-bond acceptors (Lipinski definition) is 3. The lowest BCUT2D eigenvalue weighted by molar-refractivity contribution is 0.726. The van der Waals surface area contributed by atoms with Crippen LogP contribution in [0.1, 0.15) is 27.2 Å². The quantitative estimate of drug-likeness (QED) is 0.883. The smallest absolute Gasteiger partial charge is 0.0900 e. The molecule has 84 valence electrons. The molecule has 0 saturated carbocycles. The van der Waals surface area contributed by atoms with Crippen LogP contribution in [-0.2, 0) is 6.42 Å². The van der Waals surface area contributed by atoms with Crippen LogP contribution in [0.2, 0.25) is 0 Å². The Labute approximate surface area is 100 Å². The van der Waals surface area contributed by atoms with Crippen molar-refractivity contribution in [3.8, 4) is 0 Å². The molecule has 2 rings (SSSR count). The number of thiazole rings is 1. The Morgan fingerprint density at radius 3 is 2.50 bits per heavy atom. The molecular formula is C13H16N2S. The molecule has 16 heavy (non-hydrogen) atoms. The number of aromatic nitrogens is 1. The maximum Gasteiger partial charge on any atom is 0.0900 e. The molecule has 1 atom stereocenters. The van der Waals surface area contributed by atoms with E-state index in [4.69, 9.17) is 5.73 Å². The van der Waals surface area contributed by atoms with Gasteiger partial charge in [-0.25, -0.2) is 4.98 Å². The zero-order valence-corrected chi connectivity index (χ0v) is 10.4. The molecule has 0 radical (unpaired) electrons. The van der Waals surface area contributed by atoms with Gasteiger partial charge in [-0.2, -0.15) is 0 Å². The predicted molar refractivity (Wildman–Crippen MR) is 68.7 cm³/mol. The predicted octanol–water partition coefficient (Wildman–Crippen LogP) is 3.00. The van der Waals surface area contributed by atoms with Crippen molar-refractivity contribution >= 4 is 11.3 Å². The number of nitrogens with zero attached hydrogens (tertiary/aromatic N) is 1. The summed E-state index contributed by atoms with van der Waals surface area (Å²) in [5.41, 5.74) is 8.49. The van der Waals surface area contributed by atoms with E-state index in [1.165, 1.54) is 10.4 Å². The molecule has 2 nitrogen and oxygen atoms in total. The van der Waals surface area contributed by atoms with E-state index in [2.05, 4.69) is 24.0 Å². The molecule has 2 N–H and O–H groups in total. The summed E-state index contributed by atoms with van der Waals surface area (Å²) in [5.74, 6) is 0. The molecular weight excluding hydrogens is 216 g/mol. The van der Waals surface area contributed by atoms with Crippen molar-refractivity contribution in [1.29, 1.82) is 0 Å². The van der Waals surface area contributed by atoms with Crippen LogP contribution < -0.4 is 5.73 Å². The highest BCUT2D eigenvalue weighted by Gasteiger charge is 2.11. The molecule has 0 fully saturated rings. The van der Waals surface area contributed by atoms with Gasteiger partial charge in [0.15, 0.2) is 0 Å². The first-order valence-electron chi connectivity index (χ1n) is 5.40. The molecule has 0 spiro atoms. The number of nitrogens with two attached hydrogens (primary N) is 1. The normalized spacial score (nSPS) is 12.7. The Morgan fingerprint density at radius 1 is 1.25 bits per heavy atom. The van der Waals surface area contributed by atoms with Crippen LogP contribution in [0.15, 0.2) is 30.3 Å². The molecule has 0 saturated heterocycles. The van der Waals surface area contributed by atoms with Gasteiger partial charge in [0.05, 0.1) is 10.7 Å². The summed E-state index contributed by atoms with van der Waals surface area (Å²) in [4.78, 5) is 5.72.